The van der Waals surface area contributed by atoms with E-state index in [4.69, 9.17) is 9.47 Å². The maximum Gasteiger partial charge on any atom is 0.132 e. The molecule has 0 N–H and O–H groups in total. The molecule has 374 valence electrons. The number of anilines is 4. The number of nitrogens with zero attached hydrogens (tertiary/aromatic N) is 2. The first-order valence-corrected chi connectivity index (χ1v) is 30.0. The predicted octanol–water partition coefficient (Wildman–Crippen LogP) is 17.1. The minimum absolute atomic E-state index is 0.233. The number of hydrogen-bond donors (Lipinski definition) is 0. The van der Waals surface area contributed by atoms with Crippen LogP contribution in [0.1, 0.15) is 144 Å². The molecule has 4 aromatic rings. The molecule has 9 atom stereocenters. The molecular weight excluding hydrogens is 901 g/mol. The van der Waals surface area contributed by atoms with Crippen molar-refractivity contribution in [3.63, 3.8) is 0 Å². The van der Waals surface area contributed by atoms with E-state index in [0.29, 0.717) is 28.9 Å². The predicted molar refractivity (Wildman–Crippen MR) is 299 cm³/mol. The first kappa shape index (κ1) is 42.7. The maximum absolute atomic E-state index is 7.05. The minimum Gasteiger partial charge on any atom is -0.492 e. The Balaban J connectivity index is 0.787. The van der Waals surface area contributed by atoms with Gasteiger partial charge in [-0.1, -0.05) is 91.0 Å². The van der Waals surface area contributed by atoms with Crippen LogP contribution in [-0.4, -0.2) is 19.3 Å². The SMILES string of the molecule is Cc1ccc(N(C2=CC3=C(CC2)C2=C(C=CCC2)C32C3CC4CCCC32C4)c2cc3c4c(c(N(c5ccc(C)cc5)C5CCC6=C(C5)C5(C7=C6CCC=C7)C6CC7CCCC65C7)cc3c3c2CCO3)CCO4)cc1. The van der Waals surface area contributed by atoms with Crippen molar-refractivity contribution in [1.29, 1.82) is 0 Å². The number of ether oxygens (including phenoxy) is 2. The number of aryl methyl sites for hydroxylation is 2. The molecule has 4 heteroatoms. The lowest BCUT2D eigenvalue weighted by Crippen LogP contribution is -2.36. The van der Waals surface area contributed by atoms with Gasteiger partial charge in [-0.15, -0.1) is 0 Å². The van der Waals surface area contributed by atoms with E-state index in [2.05, 4.69) is 115 Å². The van der Waals surface area contributed by atoms with E-state index in [0.717, 1.165) is 67.5 Å². The second-order valence-corrected chi connectivity index (χ2v) is 26.6. The fraction of sp³-hybridized carbons (Fsp3) is 0.486. The zero-order valence-electron chi connectivity index (χ0n) is 44.0. The van der Waals surface area contributed by atoms with Gasteiger partial charge in [0.2, 0.25) is 0 Å². The van der Waals surface area contributed by atoms with Crippen molar-refractivity contribution in [2.24, 2.45) is 45.3 Å². The monoisotopic (exact) mass is 973 g/mol. The highest BCUT2D eigenvalue weighted by molar-refractivity contribution is 6.03. The van der Waals surface area contributed by atoms with Crippen LogP contribution in [0.15, 0.2) is 141 Å². The van der Waals surface area contributed by atoms with E-state index in [1.807, 2.05) is 5.57 Å². The summed E-state index contributed by atoms with van der Waals surface area (Å²) in [6.07, 6.45) is 40.1. The van der Waals surface area contributed by atoms with Gasteiger partial charge in [0.25, 0.3) is 0 Å². The van der Waals surface area contributed by atoms with Crippen molar-refractivity contribution in [1.82, 2.24) is 0 Å². The Morgan fingerprint density at radius 3 is 1.82 bits per heavy atom. The van der Waals surface area contributed by atoms with Crippen LogP contribution in [0, 0.1) is 59.2 Å². The molecule has 4 bridgehead atoms. The van der Waals surface area contributed by atoms with Crippen LogP contribution >= 0.6 is 0 Å². The second-order valence-electron chi connectivity index (χ2n) is 26.6. The number of allylic oxidation sites excluding steroid dienone is 13. The molecule has 4 spiro atoms. The van der Waals surface area contributed by atoms with Crippen molar-refractivity contribution in [3.8, 4) is 11.5 Å². The first-order chi connectivity index (χ1) is 36.4. The molecular formula is C70H72N2O2. The Morgan fingerprint density at radius 1 is 0.554 bits per heavy atom. The molecule has 18 rings (SSSR count). The van der Waals surface area contributed by atoms with Gasteiger partial charge in [0.05, 0.1) is 18.9 Å². The molecule has 6 fully saturated rings. The van der Waals surface area contributed by atoms with Crippen LogP contribution in [0.25, 0.3) is 10.8 Å². The smallest absolute Gasteiger partial charge is 0.132 e. The normalized spacial score (nSPS) is 35.6. The zero-order valence-corrected chi connectivity index (χ0v) is 44.0. The standard InChI is InChI=1S/C70H72N2O2/c1-41-15-19-45(20-16-41)71(47-23-25-51-49-11-3-5-13-57(49)69(59(51)35-47)63-33-43-9-7-29-67(63,69)39-43)61-37-55-56(65-53(61)27-31-73-65)38-62(54-28-32-74-66(54)55)72(46-21-17-42(2)18-22-46)48-24-26-52-50-12-4-6-14-58(50)70(60(52)36-48)64-34-44-10-8-30-68(64,70)40-44/h5-6,13-22,35,37-38,43-44,48,63-64H,3-4,7-12,23-34,36,39-40H2,1-2H3. The minimum atomic E-state index is 0.233. The highest BCUT2D eigenvalue weighted by Crippen LogP contribution is 2.91. The van der Waals surface area contributed by atoms with Gasteiger partial charge < -0.3 is 19.3 Å². The van der Waals surface area contributed by atoms with E-state index in [1.165, 1.54) is 171 Å². The van der Waals surface area contributed by atoms with Crippen molar-refractivity contribution >= 4 is 33.5 Å². The highest BCUT2D eigenvalue weighted by Gasteiger charge is 2.84. The van der Waals surface area contributed by atoms with E-state index >= 15 is 0 Å². The van der Waals surface area contributed by atoms with Gasteiger partial charge in [0, 0.05) is 74.4 Å². The summed E-state index contributed by atoms with van der Waals surface area (Å²) >= 11 is 0. The quantitative estimate of drug-likeness (QED) is 0.192. The van der Waals surface area contributed by atoms with Crippen molar-refractivity contribution in [2.75, 3.05) is 23.0 Å². The van der Waals surface area contributed by atoms with Gasteiger partial charge in [-0.25, -0.2) is 0 Å². The van der Waals surface area contributed by atoms with E-state index in [-0.39, 0.29) is 5.41 Å². The average molecular weight is 973 g/mol. The topological polar surface area (TPSA) is 24.9 Å². The lowest BCUT2D eigenvalue weighted by molar-refractivity contribution is 0.240. The Labute approximate surface area is 439 Å². The van der Waals surface area contributed by atoms with Gasteiger partial charge in [-0.3, -0.25) is 0 Å². The van der Waals surface area contributed by atoms with E-state index in [1.54, 1.807) is 39.0 Å². The van der Waals surface area contributed by atoms with Gasteiger partial charge in [-0.05, 0) is 226 Å². The van der Waals surface area contributed by atoms with Gasteiger partial charge in [-0.2, -0.15) is 0 Å². The van der Waals surface area contributed by atoms with Crippen LogP contribution in [0.4, 0.5) is 22.7 Å². The third-order valence-corrected chi connectivity index (χ3v) is 23.8. The van der Waals surface area contributed by atoms with Crippen molar-refractivity contribution in [3.05, 3.63) is 164 Å². The van der Waals surface area contributed by atoms with Crippen LogP contribution in [0.5, 0.6) is 11.5 Å². The molecule has 0 saturated heterocycles. The molecule has 9 unspecified atom stereocenters. The summed E-state index contributed by atoms with van der Waals surface area (Å²) in [5.74, 6) is 5.76. The summed E-state index contributed by atoms with van der Waals surface area (Å²) in [6.45, 7) is 5.91. The molecule has 12 aliphatic carbocycles. The zero-order chi connectivity index (χ0) is 48.5. The molecule has 2 heterocycles. The van der Waals surface area contributed by atoms with Crippen LogP contribution in [-0.2, 0) is 12.8 Å². The Morgan fingerprint density at radius 2 is 1.14 bits per heavy atom. The number of fused-ring (bicyclic) bond motifs is 15. The van der Waals surface area contributed by atoms with E-state index in [9.17, 15) is 0 Å². The third kappa shape index (κ3) is 5.10. The molecule has 2 aliphatic heterocycles. The third-order valence-electron chi connectivity index (χ3n) is 23.8. The van der Waals surface area contributed by atoms with Gasteiger partial charge >= 0.3 is 0 Å². The molecule has 14 aliphatic rings. The summed E-state index contributed by atoms with van der Waals surface area (Å²) in [5.41, 5.74) is 27.8. The largest absolute Gasteiger partial charge is 0.492 e. The number of rotatable bonds is 6. The Hall–Kier alpha value is -5.48. The fourth-order valence-corrected chi connectivity index (χ4v) is 21.4. The van der Waals surface area contributed by atoms with Crippen molar-refractivity contribution in [2.45, 2.75) is 155 Å². The van der Waals surface area contributed by atoms with Gasteiger partial charge in [0.1, 0.15) is 11.5 Å². The fourth-order valence-electron chi connectivity index (χ4n) is 21.4. The molecule has 0 radical (unpaired) electrons. The Kier molecular flexibility index (Phi) is 8.49. The molecule has 74 heavy (non-hydrogen) atoms. The van der Waals surface area contributed by atoms with Gasteiger partial charge in [0.15, 0.2) is 0 Å². The average Bonchev–Trinajstić information content (AvgIpc) is 4.15. The molecule has 4 aromatic carbocycles. The number of benzene rings is 4. The highest BCUT2D eigenvalue weighted by atomic mass is 16.5. The Bertz CT molecular complexity index is 3460. The van der Waals surface area contributed by atoms with Crippen molar-refractivity contribution < 1.29 is 9.47 Å². The molecule has 0 aromatic heterocycles. The molecule has 0 amide bonds. The second kappa shape index (κ2) is 14.7. The first-order valence-electron chi connectivity index (χ1n) is 30.0. The van der Waals surface area contributed by atoms with Crippen LogP contribution in [0.3, 0.4) is 0 Å². The molecule has 4 nitrogen and oxygen atoms in total. The summed E-state index contributed by atoms with van der Waals surface area (Å²) in [6, 6.07) is 24.5. The summed E-state index contributed by atoms with van der Waals surface area (Å²) in [7, 11) is 0. The summed E-state index contributed by atoms with van der Waals surface area (Å²) in [4.78, 5) is 5.54. The summed E-state index contributed by atoms with van der Waals surface area (Å²) in [5, 5.41) is 2.45. The molecule has 6 saturated carbocycles. The number of hydrogen-bond acceptors (Lipinski definition) is 4. The maximum atomic E-state index is 7.05. The lowest BCUT2D eigenvalue weighted by Gasteiger charge is -2.41. The summed E-state index contributed by atoms with van der Waals surface area (Å²) < 4.78 is 14.1. The lowest BCUT2D eigenvalue weighted by atomic mass is 9.68. The van der Waals surface area contributed by atoms with Crippen LogP contribution in [0.2, 0.25) is 0 Å². The van der Waals surface area contributed by atoms with E-state index < -0.39 is 0 Å². The van der Waals surface area contributed by atoms with Crippen LogP contribution < -0.4 is 19.3 Å².